The van der Waals surface area contributed by atoms with E-state index in [-0.39, 0.29) is 5.91 Å². The van der Waals surface area contributed by atoms with Crippen molar-refractivity contribution in [3.05, 3.63) is 29.3 Å². The molecule has 1 aromatic carbocycles. The molecule has 2 rings (SSSR count). The standard InChI is InChI=1S/C16H23NO2/c1-15(2,19)9-8-11-6-7-13-12(10-11)16(3,4)14(18)17(13)5/h6-7,10,19H,8-9H2,1-5H3. The van der Waals surface area contributed by atoms with Crippen molar-refractivity contribution >= 4 is 11.6 Å². The van der Waals surface area contributed by atoms with E-state index in [4.69, 9.17) is 0 Å². The predicted molar refractivity (Wildman–Crippen MR) is 77.5 cm³/mol. The molecule has 19 heavy (non-hydrogen) atoms. The van der Waals surface area contributed by atoms with Crippen LogP contribution in [0.15, 0.2) is 18.2 Å². The fourth-order valence-corrected chi connectivity index (χ4v) is 2.63. The molecule has 1 aliphatic rings. The summed E-state index contributed by atoms with van der Waals surface area (Å²) in [6.45, 7) is 7.58. The number of aryl methyl sites for hydroxylation is 1. The van der Waals surface area contributed by atoms with Gasteiger partial charge in [0.1, 0.15) is 0 Å². The van der Waals surface area contributed by atoms with Crippen LogP contribution in [0.5, 0.6) is 0 Å². The first kappa shape index (κ1) is 14.1. The van der Waals surface area contributed by atoms with Crippen LogP contribution in [0.4, 0.5) is 5.69 Å². The SMILES string of the molecule is CN1C(=O)C(C)(C)c2cc(CCC(C)(C)O)ccc21. The molecular weight excluding hydrogens is 238 g/mol. The number of fused-ring (bicyclic) bond motifs is 1. The molecular formula is C16H23NO2. The van der Waals surface area contributed by atoms with Crippen molar-refractivity contribution < 1.29 is 9.90 Å². The van der Waals surface area contributed by atoms with E-state index in [2.05, 4.69) is 12.1 Å². The summed E-state index contributed by atoms with van der Waals surface area (Å²) in [5.41, 5.74) is 2.17. The van der Waals surface area contributed by atoms with Gasteiger partial charge in [-0.1, -0.05) is 12.1 Å². The largest absolute Gasteiger partial charge is 0.390 e. The van der Waals surface area contributed by atoms with Gasteiger partial charge in [-0.05, 0) is 57.7 Å². The van der Waals surface area contributed by atoms with Gasteiger partial charge in [-0.25, -0.2) is 0 Å². The van der Waals surface area contributed by atoms with Crippen LogP contribution < -0.4 is 4.90 Å². The minimum Gasteiger partial charge on any atom is -0.390 e. The van der Waals surface area contributed by atoms with E-state index in [0.717, 1.165) is 24.1 Å². The molecule has 0 aromatic heterocycles. The Bertz CT molecular complexity index is 512. The highest BCUT2D eigenvalue weighted by Crippen LogP contribution is 2.41. The second-order valence-electron chi connectivity index (χ2n) is 6.65. The Labute approximate surface area is 115 Å². The first-order valence-electron chi connectivity index (χ1n) is 6.77. The Balaban J connectivity index is 2.30. The van der Waals surface area contributed by atoms with Crippen molar-refractivity contribution in [3.8, 4) is 0 Å². The zero-order valence-corrected chi connectivity index (χ0v) is 12.4. The molecule has 0 saturated heterocycles. The van der Waals surface area contributed by atoms with Gasteiger partial charge in [0.2, 0.25) is 5.91 Å². The number of likely N-dealkylation sites (N-methyl/N-ethyl adjacent to an activating group) is 1. The number of amides is 1. The summed E-state index contributed by atoms with van der Waals surface area (Å²) < 4.78 is 0. The van der Waals surface area contributed by atoms with Crippen LogP contribution in [0.25, 0.3) is 0 Å². The Hall–Kier alpha value is -1.35. The van der Waals surface area contributed by atoms with Crippen LogP contribution in [0.3, 0.4) is 0 Å². The Kier molecular flexibility index (Phi) is 3.21. The van der Waals surface area contributed by atoms with Gasteiger partial charge in [0.25, 0.3) is 0 Å². The molecule has 0 saturated carbocycles. The van der Waals surface area contributed by atoms with Crippen molar-refractivity contribution in [1.82, 2.24) is 0 Å². The maximum atomic E-state index is 12.2. The van der Waals surface area contributed by atoms with E-state index < -0.39 is 11.0 Å². The van der Waals surface area contributed by atoms with Crippen molar-refractivity contribution in [2.24, 2.45) is 0 Å². The number of hydrogen-bond donors (Lipinski definition) is 1. The van der Waals surface area contributed by atoms with Crippen molar-refractivity contribution in [2.45, 2.75) is 51.6 Å². The third kappa shape index (κ3) is 2.52. The predicted octanol–water partition coefficient (Wildman–Crippen LogP) is 2.64. The topological polar surface area (TPSA) is 40.5 Å². The number of carbonyl (C=O) groups is 1. The maximum absolute atomic E-state index is 12.2. The summed E-state index contributed by atoms with van der Waals surface area (Å²) in [5, 5.41) is 9.80. The molecule has 1 aliphatic heterocycles. The van der Waals surface area contributed by atoms with Crippen molar-refractivity contribution in [3.63, 3.8) is 0 Å². The van der Waals surface area contributed by atoms with E-state index in [1.54, 1.807) is 4.90 Å². The lowest BCUT2D eigenvalue weighted by molar-refractivity contribution is -0.121. The Morgan fingerprint density at radius 3 is 2.53 bits per heavy atom. The van der Waals surface area contributed by atoms with Crippen LogP contribution in [0.1, 0.15) is 45.2 Å². The lowest BCUT2D eigenvalue weighted by atomic mass is 9.84. The van der Waals surface area contributed by atoms with Gasteiger partial charge in [-0.15, -0.1) is 0 Å². The molecule has 0 unspecified atom stereocenters. The van der Waals surface area contributed by atoms with Gasteiger partial charge in [-0.3, -0.25) is 4.79 Å². The molecule has 3 heteroatoms. The smallest absolute Gasteiger partial charge is 0.236 e. The highest BCUT2D eigenvalue weighted by Gasteiger charge is 2.42. The van der Waals surface area contributed by atoms with Crippen LogP contribution >= 0.6 is 0 Å². The quantitative estimate of drug-likeness (QED) is 0.908. The van der Waals surface area contributed by atoms with E-state index in [1.165, 1.54) is 5.56 Å². The fourth-order valence-electron chi connectivity index (χ4n) is 2.63. The van der Waals surface area contributed by atoms with Crippen molar-refractivity contribution in [1.29, 1.82) is 0 Å². The molecule has 1 aromatic rings. The average molecular weight is 261 g/mol. The second-order valence-corrected chi connectivity index (χ2v) is 6.65. The minimum atomic E-state index is -0.652. The lowest BCUT2D eigenvalue weighted by Gasteiger charge is -2.18. The van der Waals surface area contributed by atoms with E-state index >= 15 is 0 Å². The molecule has 3 nitrogen and oxygen atoms in total. The van der Waals surface area contributed by atoms with Crippen LogP contribution in [0, 0.1) is 0 Å². The van der Waals surface area contributed by atoms with E-state index in [0.29, 0.717) is 0 Å². The van der Waals surface area contributed by atoms with Crippen molar-refractivity contribution in [2.75, 3.05) is 11.9 Å². The van der Waals surface area contributed by atoms with Gasteiger partial charge in [0.15, 0.2) is 0 Å². The number of aliphatic hydroxyl groups is 1. The fraction of sp³-hybridized carbons (Fsp3) is 0.562. The number of rotatable bonds is 3. The van der Waals surface area contributed by atoms with Gasteiger partial charge in [0.05, 0.1) is 11.0 Å². The van der Waals surface area contributed by atoms with Crippen LogP contribution in [0.2, 0.25) is 0 Å². The normalized spacial score (nSPS) is 17.8. The summed E-state index contributed by atoms with van der Waals surface area (Å²) >= 11 is 0. The molecule has 0 spiro atoms. The summed E-state index contributed by atoms with van der Waals surface area (Å²) in [7, 11) is 1.83. The highest BCUT2D eigenvalue weighted by molar-refractivity contribution is 6.07. The first-order valence-corrected chi connectivity index (χ1v) is 6.77. The average Bonchev–Trinajstić information content (AvgIpc) is 2.48. The minimum absolute atomic E-state index is 0.141. The summed E-state index contributed by atoms with van der Waals surface area (Å²) in [6, 6.07) is 6.18. The number of carbonyl (C=O) groups excluding carboxylic acids is 1. The number of anilines is 1. The zero-order chi connectivity index (χ0) is 14.4. The summed E-state index contributed by atoms with van der Waals surface area (Å²) in [6.07, 6.45) is 1.54. The summed E-state index contributed by atoms with van der Waals surface area (Å²) in [4.78, 5) is 13.9. The van der Waals surface area contributed by atoms with Gasteiger partial charge in [0, 0.05) is 12.7 Å². The molecule has 1 amide bonds. The molecule has 0 radical (unpaired) electrons. The highest BCUT2D eigenvalue weighted by atomic mass is 16.3. The monoisotopic (exact) mass is 261 g/mol. The second kappa shape index (κ2) is 4.34. The number of benzene rings is 1. The molecule has 1 N–H and O–H groups in total. The van der Waals surface area contributed by atoms with Crippen LogP contribution in [-0.4, -0.2) is 23.7 Å². The first-order chi connectivity index (χ1) is 8.63. The third-order valence-corrected chi connectivity index (χ3v) is 3.96. The van der Waals surface area contributed by atoms with Gasteiger partial charge >= 0.3 is 0 Å². The molecule has 104 valence electrons. The van der Waals surface area contributed by atoms with Gasteiger partial charge < -0.3 is 10.0 Å². The maximum Gasteiger partial charge on any atom is 0.236 e. The van der Waals surface area contributed by atoms with E-state index in [1.807, 2.05) is 40.8 Å². The number of hydrogen-bond acceptors (Lipinski definition) is 2. The summed E-state index contributed by atoms with van der Waals surface area (Å²) in [5.74, 6) is 0.141. The van der Waals surface area contributed by atoms with Crippen LogP contribution in [-0.2, 0) is 16.6 Å². The molecule has 0 bridgehead atoms. The third-order valence-electron chi connectivity index (χ3n) is 3.96. The Morgan fingerprint density at radius 1 is 1.32 bits per heavy atom. The Morgan fingerprint density at radius 2 is 1.95 bits per heavy atom. The lowest BCUT2D eigenvalue weighted by Crippen LogP contribution is -2.33. The van der Waals surface area contributed by atoms with E-state index in [9.17, 15) is 9.90 Å². The molecule has 1 heterocycles. The molecule has 0 aliphatic carbocycles. The molecule has 0 fully saturated rings. The zero-order valence-electron chi connectivity index (χ0n) is 12.4. The molecule has 0 atom stereocenters. The number of nitrogens with zero attached hydrogens (tertiary/aromatic N) is 1. The van der Waals surface area contributed by atoms with Gasteiger partial charge in [-0.2, -0.15) is 0 Å².